The Morgan fingerprint density at radius 1 is 0.682 bits per heavy atom. The molecule has 12 heteroatoms. The Labute approximate surface area is 124 Å². The predicted octanol–water partition coefficient (Wildman–Crippen LogP) is -3.28. The molecule has 0 aliphatic rings. The molecule has 0 heterocycles. The van der Waals surface area contributed by atoms with Crippen LogP contribution in [-0.4, -0.2) is 79.8 Å². The molecule has 0 bridgehead atoms. The highest BCUT2D eigenvalue weighted by atomic mass is 16.4. The Morgan fingerprint density at radius 3 is 0.955 bits per heavy atom. The van der Waals surface area contributed by atoms with Gasteiger partial charge in [-0.3, -0.25) is 9.59 Å². The molecule has 0 amide bonds. The zero-order valence-corrected chi connectivity index (χ0v) is 11.5. The summed E-state index contributed by atoms with van der Waals surface area (Å²) in [7, 11) is 0. The van der Waals surface area contributed by atoms with Crippen LogP contribution in [0.4, 0.5) is 0 Å². The SMILES string of the molecule is NCCN.O=C(O)CC(O)C(=O)O.O=C(O)CC(O)C(=O)O. The van der Waals surface area contributed by atoms with E-state index >= 15 is 0 Å². The molecule has 0 aliphatic heterocycles. The van der Waals surface area contributed by atoms with Crippen LogP contribution in [-0.2, 0) is 19.2 Å². The fraction of sp³-hybridized carbons (Fsp3) is 0.600. The minimum atomic E-state index is -1.79. The fourth-order valence-electron chi connectivity index (χ4n) is 0.505. The molecule has 12 nitrogen and oxygen atoms in total. The van der Waals surface area contributed by atoms with Crippen LogP contribution in [0.3, 0.4) is 0 Å². The van der Waals surface area contributed by atoms with Crippen LogP contribution in [0.1, 0.15) is 12.8 Å². The van der Waals surface area contributed by atoms with Gasteiger partial charge in [0.15, 0.2) is 12.2 Å². The first-order valence-electron chi connectivity index (χ1n) is 5.64. The third-order valence-corrected chi connectivity index (χ3v) is 1.47. The van der Waals surface area contributed by atoms with Crippen LogP contribution in [0.25, 0.3) is 0 Å². The van der Waals surface area contributed by atoms with Gasteiger partial charge in [0.2, 0.25) is 0 Å². The number of carbonyl (C=O) groups is 4. The lowest BCUT2D eigenvalue weighted by Gasteiger charge is -1.97. The van der Waals surface area contributed by atoms with Gasteiger partial charge in [0.25, 0.3) is 0 Å². The van der Waals surface area contributed by atoms with Gasteiger partial charge in [-0.2, -0.15) is 0 Å². The summed E-state index contributed by atoms with van der Waals surface area (Å²) in [6.45, 7) is 1.19. The molecule has 2 unspecified atom stereocenters. The van der Waals surface area contributed by atoms with Crippen LogP contribution >= 0.6 is 0 Å². The lowest BCUT2D eigenvalue weighted by Crippen LogP contribution is -2.22. The lowest BCUT2D eigenvalue weighted by molar-refractivity contribution is -0.153. The summed E-state index contributed by atoms with van der Waals surface area (Å²) in [5, 5.41) is 48.3. The Kier molecular flexibility index (Phi) is 17.0. The first-order chi connectivity index (χ1) is 9.99. The molecule has 0 fully saturated rings. The molecular formula is C10H20N2O10. The molecule has 22 heavy (non-hydrogen) atoms. The molecule has 0 aromatic rings. The second-order valence-corrected chi connectivity index (χ2v) is 3.48. The normalized spacial score (nSPS) is 11.6. The molecule has 0 radical (unpaired) electrons. The van der Waals surface area contributed by atoms with Crippen molar-refractivity contribution in [3.63, 3.8) is 0 Å². The van der Waals surface area contributed by atoms with Crippen molar-refractivity contribution < 1.29 is 49.8 Å². The Bertz CT molecular complexity index is 326. The van der Waals surface area contributed by atoms with E-state index in [1.807, 2.05) is 0 Å². The van der Waals surface area contributed by atoms with E-state index in [1.54, 1.807) is 0 Å². The van der Waals surface area contributed by atoms with Crippen molar-refractivity contribution in [3.05, 3.63) is 0 Å². The lowest BCUT2D eigenvalue weighted by atomic mass is 10.3. The summed E-state index contributed by atoms with van der Waals surface area (Å²) in [5.74, 6) is -5.69. The van der Waals surface area contributed by atoms with Gasteiger partial charge >= 0.3 is 23.9 Å². The van der Waals surface area contributed by atoms with Gasteiger partial charge in [-0.1, -0.05) is 0 Å². The molecule has 10 N–H and O–H groups in total. The Hall–Kier alpha value is -2.28. The fourth-order valence-corrected chi connectivity index (χ4v) is 0.505. The highest BCUT2D eigenvalue weighted by Crippen LogP contribution is 1.90. The molecule has 0 aromatic carbocycles. The summed E-state index contributed by atoms with van der Waals surface area (Å²) in [6.07, 6.45) is -5.09. The number of nitrogens with two attached hydrogens (primary N) is 2. The quantitative estimate of drug-likeness (QED) is 0.229. The molecular weight excluding hydrogens is 308 g/mol. The maximum Gasteiger partial charge on any atom is 0.333 e. The standard InChI is InChI=1S/2C4H6O5.C2H8N2/c2*5-2(4(8)9)1-3(6)7;3-1-2-4/h2*2,5H,1H2,(H,6,7)(H,8,9);1-4H2. The van der Waals surface area contributed by atoms with Crippen LogP contribution in [0.2, 0.25) is 0 Å². The number of rotatable bonds is 7. The van der Waals surface area contributed by atoms with Crippen LogP contribution in [0, 0.1) is 0 Å². The van der Waals surface area contributed by atoms with Crippen LogP contribution < -0.4 is 11.5 Å². The summed E-state index contributed by atoms with van der Waals surface area (Å²) >= 11 is 0. The third kappa shape index (κ3) is 22.9. The zero-order valence-electron chi connectivity index (χ0n) is 11.5. The molecule has 0 aliphatic carbocycles. The van der Waals surface area contributed by atoms with Crippen molar-refractivity contribution in [1.29, 1.82) is 0 Å². The molecule has 0 rings (SSSR count). The van der Waals surface area contributed by atoms with Crippen molar-refractivity contribution in [3.8, 4) is 0 Å². The van der Waals surface area contributed by atoms with Gasteiger partial charge in [-0.15, -0.1) is 0 Å². The van der Waals surface area contributed by atoms with E-state index in [1.165, 1.54) is 0 Å². The number of hydrogen-bond acceptors (Lipinski definition) is 8. The first-order valence-corrected chi connectivity index (χ1v) is 5.64. The van der Waals surface area contributed by atoms with Crippen molar-refractivity contribution >= 4 is 23.9 Å². The minimum Gasteiger partial charge on any atom is -0.481 e. The van der Waals surface area contributed by atoms with Crippen molar-refractivity contribution in [2.24, 2.45) is 11.5 Å². The van der Waals surface area contributed by atoms with Crippen LogP contribution in [0.5, 0.6) is 0 Å². The second kappa shape index (κ2) is 15.1. The van der Waals surface area contributed by atoms with Crippen molar-refractivity contribution in [2.45, 2.75) is 25.0 Å². The summed E-state index contributed by atoms with van der Waals surface area (Å²) in [5.41, 5.74) is 9.81. The number of aliphatic hydroxyl groups is 2. The highest BCUT2D eigenvalue weighted by molar-refractivity contribution is 5.79. The molecule has 0 aromatic heterocycles. The maximum atomic E-state index is 9.72. The summed E-state index contributed by atoms with van der Waals surface area (Å²) in [4.78, 5) is 38.8. The van der Waals surface area contributed by atoms with E-state index in [0.717, 1.165) is 0 Å². The number of aliphatic hydroxyl groups excluding tert-OH is 2. The van der Waals surface area contributed by atoms with Gasteiger partial charge in [-0.05, 0) is 0 Å². The van der Waals surface area contributed by atoms with Crippen molar-refractivity contribution in [1.82, 2.24) is 0 Å². The van der Waals surface area contributed by atoms with E-state index in [2.05, 4.69) is 0 Å². The van der Waals surface area contributed by atoms with Crippen molar-refractivity contribution in [2.75, 3.05) is 13.1 Å². The zero-order chi connectivity index (χ0) is 18.3. The van der Waals surface area contributed by atoms with Crippen LogP contribution in [0.15, 0.2) is 0 Å². The topological polar surface area (TPSA) is 242 Å². The highest BCUT2D eigenvalue weighted by Gasteiger charge is 2.16. The smallest absolute Gasteiger partial charge is 0.333 e. The largest absolute Gasteiger partial charge is 0.481 e. The molecule has 0 saturated carbocycles. The monoisotopic (exact) mass is 328 g/mol. The number of aliphatic carboxylic acids is 4. The number of hydrogen-bond donors (Lipinski definition) is 8. The molecule has 2 atom stereocenters. The number of carboxylic acids is 4. The van der Waals surface area contributed by atoms with Gasteiger partial charge < -0.3 is 42.1 Å². The minimum absolute atomic E-state index is 0.597. The molecule has 0 saturated heterocycles. The van der Waals surface area contributed by atoms with E-state index in [4.69, 9.17) is 42.1 Å². The maximum absolute atomic E-state index is 9.72. The Balaban J connectivity index is -0.000000266. The molecule has 0 spiro atoms. The second-order valence-electron chi connectivity index (χ2n) is 3.48. The third-order valence-electron chi connectivity index (χ3n) is 1.47. The predicted molar refractivity (Wildman–Crippen MR) is 69.9 cm³/mol. The van der Waals surface area contributed by atoms with E-state index in [9.17, 15) is 19.2 Å². The van der Waals surface area contributed by atoms with E-state index in [-0.39, 0.29) is 0 Å². The van der Waals surface area contributed by atoms with Gasteiger partial charge in [0.05, 0.1) is 12.8 Å². The first kappa shape index (κ1) is 24.7. The van der Waals surface area contributed by atoms with Gasteiger partial charge in [-0.25, -0.2) is 9.59 Å². The average Bonchev–Trinajstić information content (AvgIpc) is 2.38. The van der Waals surface area contributed by atoms with E-state index < -0.39 is 48.9 Å². The van der Waals surface area contributed by atoms with Gasteiger partial charge in [0, 0.05) is 13.1 Å². The number of carboxylic acid groups (broad SMARTS) is 4. The Morgan fingerprint density at radius 2 is 0.909 bits per heavy atom. The van der Waals surface area contributed by atoms with Gasteiger partial charge in [0.1, 0.15) is 0 Å². The van der Waals surface area contributed by atoms with E-state index in [0.29, 0.717) is 13.1 Å². The average molecular weight is 328 g/mol. The summed E-state index contributed by atoms with van der Waals surface area (Å²) in [6, 6.07) is 0. The summed E-state index contributed by atoms with van der Waals surface area (Å²) < 4.78 is 0. The molecule has 130 valence electrons.